The predicted octanol–water partition coefficient (Wildman–Crippen LogP) is 3.61. The summed E-state index contributed by atoms with van der Waals surface area (Å²) in [4.78, 5) is 2.36. The minimum absolute atomic E-state index is 0.00294. The van der Waals surface area contributed by atoms with Gasteiger partial charge in [0.25, 0.3) is 0 Å². The van der Waals surface area contributed by atoms with E-state index in [0.29, 0.717) is 16.7 Å². The lowest BCUT2D eigenvalue weighted by molar-refractivity contribution is 0.0322. The molecule has 0 amide bonds. The van der Waals surface area contributed by atoms with Gasteiger partial charge in [-0.3, -0.25) is 4.90 Å². The van der Waals surface area contributed by atoms with Gasteiger partial charge in [-0.25, -0.2) is 0 Å². The lowest BCUT2D eigenvalue weighted by atomic mass is 10.0. The summed E-state index contributed by atoms with van der Waals surface area (Å²) in [6.45, 7) is 5.17. The average Bonchev–Trinajstić information content (AvgIpc) is 2.75. The summed E-state index contributed by atoms with van der Waals surface area (Å²) in [7, 11) is 0. The topological polar surface area (TPSA) is 45.8 Å². The van der Waals surface area contributed by atoms with Crippen LogP contribution in [0.5, 0.6) is 5.75 Å². The molecular formula is C22H24ClN3O2S. The van der Waals surface area contributed by atoms with Crippen LogP contribution in [0.3, 0.4) is 0 Å². The van der Waals surface area contributed by atoms with Crippen molar-refractivity contribution in [1.82, 2.24) is 15.5 Å². The summed E-state index contributed by atoms with van der Waals surface area (Å²) >= 11 is 11.4. The number of hydrogen-bond acceptors (Lipinski definition) is 4. The molecule has 152 valence electrons. The molecule has 1 saturated heterocycles. The summed E-state index contributed by atoms with van der Waals surface area (Å²) in [5, 5.41) is 7.85. The number of thiocarbonyl (C=S) groups is 1. The zero-order valence-electron chi connectivity index (χ0n) is 16.1. The predicted molar refractivity (Wildman–Crippen MR) is 120 cm³/mol. The van der Waals surface area contributed by atoms with Crippen LogP contribution in [-0.2, 0) is 4.74 Å². The number of nitrogens with one attached hydrogen (secondary N) is 2. The molecule has 1 fully saturated rings. The largest absolute Gasteiger partial charge is 0.492 e. The minimum Gasteiger partial charge on any atom is -0.492 e. The molecule has 2 N–H and O–H groups in total. The van der Waals surface area contributed by atoms with E-state index < -0.39 is 0 Å². The van der Waals surface area contributed by atoms with Gasteiger partial charge in [-0.05, 0) is 53.7 Å². The Hall–Kier alpha value is -2.12. The van der Waals surface area contributed by atoms with Gasteiger partial charge in [-0.1, -0.05) is 35.9 Å². The van der Waals surface area contributed by atoms with Crippen LogP contribution in [0.15, 0.2) is 54.6 Å². The summed E-state index contributed by atoms with van der Waals surface area (Å²) in [5.41, 5.74) is 3.15. The molecule has 0 saturated carbocycles. The van der Waals surface area contributed by atoms with E-state index >= 15 is 0 Å². The smallest absolute Gasteiger partial charge is 0.171 e. The molecule has 2 heterocycles. The first-order valence-corrected chi connectivity index (χ1v) is 10.5. The van der Waals surface area contributed by atoms with Gasteiger partial charge < -0.3 is 20.1 Å². The lowest BCUT2D eigenvalue weighted by Crippen LogP contribution is -2.40. The molecular weight excluding hydrogens is 406 g/mol. The summed E-state index contributed by atoms with van der Waals surface area (Å²) in [6, 6.07) is 15.9. The number of rotatable bonds is 6. The Kier molecular flexibility index (Phi) is 6.67. The zero-order valence-corrected chi connectivity index (χ0v) is 17.6. The third-order valence-electron chi connectivity index (χ3n) is 5.04. The van der Waals surface area contributed by atoms with Crippen molar-refractivity contribution in [3.63, 3.8) is 0 Å². The number of benzene rings is 2. The molecule has 4 rings (SSSR count). The molecule has 2 aliphatic rings. The first-order valence-electron chi connectivity index (χ1n) is 9.75. The Morgan fingerprint density at radius 1 is 1.07 bits per heavy atom. The molecule has 0 aromatic heterocycles. The van der Waals surface area contributed by atoms with Crippen molar-refractivity contribution in [3.8, 4) is 5.75 Å². The molecule has 2 aliphatic heterocycles. The van der Waals surface area contributed by atoms with Gasteiger partial charge in [0, 0.05) is 30.4 Å². The van der Waals surface area contributed by atoms with Gasteiger partial charge >= 0.3 is 0 Å². The SMILES string of the molecule is S=C1NC(c2ccc(Cl)cc2)=CC(c2ccc(OCCN3CCOCC3)cc2)N1. The fourth-order valence-electron chi connectivity index (χ4n) is 3.42. The zero-order chi connectivity index (χ0) is 20.1. The van der Waals surface area contributed by atoms with E-state index in [1.54, 1.807) is 0 Å². The first kappa shape index (κ1) is 20.2. The molecule has 1 atom stereocenters. The minimum atomic E-state index is -0.00294. The monoisotopic (exact) mass is 429 g/mol. The molecule has 29 heavy (non-hydrogen) atoms. The molecule has 0 aliphatic carbocycles. The van der Waals surface area contributed by atoms with Crippen LogP contribution in [0.4, 0.5) is 0 Å². The van der Waals surface area contributed by atoms with Crippen molar-refractivity contribution in [1.29, 1.82) is 0 Å². The Bertz CT molecular complexity index is 865. The summed E-state index contributed by atoms with van der Waals surface area (Å²) in [6.07, 6.45) is 2.13. The average molecular weight is 430 g/mol. The van der Waals surface area contributed by atoms with Gasteiger partial charge in [0.15, 0.2) is 5.11 Å². The fourth-order valence-corrected chi connectivity index (χ4v) is 3.78. The highest BCUT2D eigenvalue weighted by Crippen LogP contribution is 2.25. The quantitative estimate of drug-likeness (QED) is 0.684. The van der Waals surface area contributed by atoms with Crippen LogP contribution in [0.2, 0.25) is 5.02 Å². The van der Waals surface area contributed by atoms with E-state index in [1.165, 1.54) is 0 Å². The normalized spacial score (nSPS) is 19.8. The van der Waals surface area contributed by atoms with Crippen LogP contribution in [0.1, 0.15) is 17.2 Å². The molecule has 0 spiro atoms. The maximum absolute atomic E-state index is 6.00. The van der Waals surface area contributed by atoms with Crippen LogP contribution in [0.25, 0.3) is 5.70 Å². The van der Waals surface area contributed by atoms with Gasteiger partial charge in [0.05, 0.1) is 19.3 Å². The molecule has 2 aromatic carbocycles. The highest BCUT2D eigenvalue weighted by atomic mass is 35.5. The first-order chi connectivity index (χ1) is 14.2. The van der Waals surface area contributed by atoms with E-state index in [4.69, 9.17) is 33.3 Å². The highest BCUT2D eigenvalue weighted by Gasteiger charge is 2.18. The molecule has 5 nitrogen and oxygen atoms in total. The second-order valence-corrected chi connectivity index (χ2v) is 7.88. The molecule has 0 radical (unpaired) electrons. The van der Waals surface area contributed by atoms with Crippen molar-refractivity contribution in [2.75, 3.05) is 39.5 Å². The summed E-state index contributed by atoms with van der Waals surface area (Å²) < 4.78 is 11.3. The van der Waals surface area contributed by atoms with Crippen molar-refractivity contribution in [2.45, 2.75) is 6.04 Å². The van der Waals surface area contributed by atoms with Gasteiger partial charge in [-0.2, -0.15) is 0 Å². The Balaban J connectivity index is 1.38. The van der Waals surface area contributed by atoms with Gasteiger partial charge in [0.2, 0.25) is 0 Å². The molecule has 7 heteroatoms. The number of ether oxygens (including phenoxy) is 2. The van der Waals surface area contributed by atoms with Crippen LogP contribution in [0, 0.1) is 0 Å². The Morgan fingerprint density at radius 2 is 1.79 bits per heavy atom. The number of hydrogen-bond donors (Lipinski definition) is 2. The lowest BCUT2D eigenvalue weighted by Gasteiger charge is -2.27. The van der Waals surface area contributed by atoms with Crippen molar-refractivity contribution < 1.29 is 9.47 Å². The number of halogens is 1. The second-order valence-electron chi connectivity index (χ2n) is 7.03. The van der Waals surface area contributed by atoms with Gasteiger partial charge in [0.1, 0.15) is 12.4 Å². The second kappa shape index (κ2) is 9.59. The standard InChI is InChI=1S/C22H24ClN3O2S/c23-18-5-1-16(2-6-18)20-15-21(25-22(29)24-20)17-3-7-19(8-4-17)28-14-11-26-9-12-27-13-10-26/h1-8,15,21H,9-14H2,(H2,24,25,29). The highest BCUT2D eigenvalue weighted by molar-refractivity contribution is 7.80. The molecule has 0 bridgehead atoms. The third-order valence-corrected chi connectivity index (χ3v) is 5.51. The van der Waals surface area contributed by atoms with Gasteiger partial charge in [-0.15, -0.1) is 0 Å². The maximum atomic E-state index is 6.00. The maximum Gasteiger partial charge on any atom is 0.171 e. The molecule has 1 unspecified atom stereocenters. The Labute approximate surface area is 181 Å². The van der Waals surface area contributed by atoms with E-state index in [1.807, 2.05) is 36.4 Å². The number of nitrogens with zero attached hydrogens (tertiary/aromatic N) is 1. The third kappa shape index (κ3) is 5.48. The fraction of sp³-hybridized carbons (Fsp3) is 0.318. The van der Waals surface area contributed by atoms with Crippen LogP contribution < -0.4 is 15.4 Å². The van der Waals surface area contributed by atoms with Crippen molar-refractivity contribution in [3.05, 3.63) is 70.8 Å². The van der Waals surface area contributed by atoms with Crippen molar-refractivity contribution >= 4 is 34.6 Å². The Morgan fingerprint density at radius 3 is 2.52 bits per heavy atom. The van der Waals surface area contributed by atoms with E-state index in [-0.39, 0.29) is 6.04 Å². The van der Waals surface area contributed by atoms with Crippen LogP contribution >= 0.6 is 23.8 Å². The van der Waals surface area contributed by atoms with E-state index in [0.717, 1.165) is 55.4 Å². The van der Waals surface area contributed by atoms with E-state index in [9.17, 15) is 0 Å². The number of morpholine rings is 1. The van der Waals surface area contributed by atoms with Crippen LogP contribution in [-0.4, -0.2) is 49.5 Å². The summed E-state index contributed by atoms with van der Waals surface area (Å²) in [5.74, 6) is 0.875. The van der Waals surface area contributed by atoms with Crippen molar-refractivity contribution in [2.24, 2.45) is 0 Å². The molecule has 2 aromatic rings. The van der Waals surface area contributed by atoms with E-state index in [2.05, 4.69) is 33.7 Å².